The molecule has 76 valence electrons. The van der Waals surface area contributed by atoms with Crippen molar-refractivity contribution >= 4 is 21.7 Å². The molecule has 1 unspecified atom stereocenters. The summed E-state index contributed by atoms with van der Waals surface area (Å²) in [6, 6.07) is 5.90. The normalized spacial score (nSPS) is 14.1. The highest BCUT2D eigenvalue weighted by Gasteiger charge is 2.30. The zero-order valence-electron chi connectivity index (χ0n) is 7.07. The van der Waals surface area contributed by atoms with Crippen LogP contribution in [0.5, 0.6) is 0 Å². The van der Waals surface area contributed by atoms with E-state index >= 15 is 0 Å². The molecule has 0 aromatic heterocycles. The highest BCUT2D eigenvalue weighted by molar-refractivity contribution is 7.61. The van der Waals surface area contributed by atoms with Crippen molar-refractivity contribution in [3.05, 3.63) is 29.8 Å². The second-order valence-electron chi connectivity index (χ2n) is 2.73. The predicted molar refractivity (Wildman–Crippen MR) is 53.2 cm³/mol. The van der Waals surface area contributed by atoms with Crippen molar-refractivity contribution in [2.75, 3.05) is 5.73 Å². The summed E-state index contributed by atoms with van der Waals surface area (Å²) in [5.41, 5.74) is 6.20. The summed E-state index contributed by atoms with van der Waals surface area (Å²) < 4.78 is 21.5. The summed E-state index contributed by atoms with van der Waals surface area (Å²) in [6.45, 7) is 0. The highest BCUT2D eigenvalue weighted by atomic mass is 31.2. The molecule has 5 nitrogen and oxygen atoms in total. The molecule has 0 radical (unpaired) electrons. The highest BCUT2D eigenvalue weighted by Crippen LogP contribution is 2.57. The van der Waals surface area contributed by atoms with Gasteiger partial charge in [-0.2, -0.15) is 0 Å². The van der Waals surface area contributed by atoms with Crippen molar-refractivity contribution in [1.29, 1.82) is 0 Å². The van der Waals surface area contributed by atoms with Crippen LogP contribution in [0.1, 0.15) is 11.0 Å². The third-order valence-corrected chi connectivity index (χ3v) is 4.27. The Morgan fingerprint density at radius 2 is 1.79 bits per heavy atom. The fourth-order valence-electron chi connectivity index (χ4n) is 0.985. The lowest BCUT2D eigenvalue weighted by atomic mass is 10.2. The monoisotopic (exact) mass is 233 g/mol. The lowest BCUT2D eigenvalue weighted by Gasteiger charge is -2.11. The van der Waals surface area contributed by atoms with Crippen molar-refractivity contribution < 1.29 is 18.9 Å². The molecule has 0 fully saturated rings. The van der Waals surface area contributed by atoms with E-state index in [4.69, 9.17) is 15.5 Å². The Morgan fingerprint density at radius 1 is 1.29 bits per heavy atom. The first-order valence-electron chi connectivity index (χ1n) is 3.68. The van der Waals surface area contributed by atoms with Crippen LogP contribution in [0.3, 0.4) is 0 Å². The van der Waals surface area contributed by atoms with E-state index in [-0.39, 0.29) is 0 Å². The van der Waals surface area contributed by atoms with E-state index in [9.17, 15) is 9.13 Å². The predicted octanol–water partition coefficient (Wildman–Crippen LogP) is 1.74. The average molecular weight is 233 g/mol. The summed E-state index contributed by atoms with van der Waals surface area (Å²) in [4.78, 5) is 17.7. The molecule has 0 aliphatic heterocycles. The van der Waals surface area contributed by atoms with Gasteiger partial charge in [-0.15, -0.1) is 0 Å². The van der Waals surface area contributed by atoms with Gasteiger partial charge in [0, 0.05) is 5.69 Å². The Morgan fingerprint density at radius 3 is 2.14 bits per heavy atom. The SMILES string of the molecule is Nc1ccc(C(P=O)P(=O)(O)O)cc1. The van der Waals surface area contributed by atoms with Gasteiger partial charge in [0.25, 0.3) is 0 Å². The third kappa shape index (κ3) is 2.63. The first kappa shape index (κ1) is 11.3. The van der Waals surface area contributed by atoms with E-state index in [1.807, 2.05) is 0 Å². The molecule has 14 heavy (non-hydrogen) atoms. The second-order valence-corrected chi connectivity index (χ2v) is 5.56. The number of hydrogen-bond acceptors (Lipinski definition) is 3. The number of anilines is 1. The van der Waals surface area contributed by atoms with Crippen LogP contribution in [0.4, 0.5) is 5.69 Å². The minimum Gasteiger partial charge on any atom is -0.399 e. The van der Waals surface area contributed by atoms with Crippen molar-refractivity contribution in [3.63, 3.8) is 0 Å². The molecule has 0 saturated carbocycles. The van der Waals surface area contributed by atoms with Gasteiger partial charge >= 0.3 is 7.60 Å². The average Bonchev–Trinajstić information content (AvgIpc) is 2.07. The van der Waals surface area contributed by atoms with Crippen molar-refractivity contribution in [3.8, 4) is 0 Å². The summed E-state index contributed by atoms with van der Waals surface area (Å²) in [7, 11) is -4.98. The van der Waals surface area contributed by atoms with Gasteiger partial charge in [-0.25, -0.2) is 0 Å². The van der Waals surface area contributed by atoms with Crippen molar-refractivity contribution in [2.45, 2.75) is 5.40 Å². The van der Waals surface area contributed by atoms with E-state index in [1.54, 1.807) is 0 Å². The summed E-state index contributed by atoms with van der Waals surface area (Å²) in [5.74, 6) is 0. The number of nitrogen functional groups attached to an aromatic ring is 1. The number of rotatable bonds is 3. The van der Waals surface area contributed by atoms with E-state index < -0.39 is 21.5 Å². The van der Waals surface area contributed by atoms with E-state index in [0.29, 0.717) is 11.3 Å². The fraction of sp³-hybridized carbons (Fsp3) is 0.143. The first-order valence-corrected chi connectivity index (χ1v) is 6.24. The maximum atomic E-state index is 10.9. The molecule has 0 aliphatic rings. The van der Waals surface area contributed by atoms with Crippen molar-refractivity contribution in [1.82, 2.24) is 0 Å². The topological polar surface area (TPSA) is 101 Å². The van der Waals surface area contributed by atoms with Gasteiger partial charge in [-0.3, -0.25) is 9.13 Å². The zero-order valence-corrected chi connectivity index (χ0v) is 8.86. The van der Waals surface area contributed by atoms with Gasteiger partial charge in [0.2, 0.25) is 0 Å². The molecule has 1 aromatic carbocycles. The molecular formula is C7H9NO4P2. The largest absolute Gasteiger partial charge is 0.399 e. The van der Waals surface area contributed by atoms with Crippen LogP contribution < -0.4 is 5.73 Å². The summed E-state index contributed by atoms with van der Waals surface area (Å²) in [6.07, 6.45) is 0. The molecule has 0 bridgehead atoms. The zero-order chi connectivity index (χ0) is 10.8. The van der Waals surface area contributed by atoms with Crippen LogP contribution in [0.25, 0.3) is 0 Å². The maximum absolute atomic E-state index is 10.9. The molecule has 0 amide bonds. The molecule has 1 rings (SSSR count). The van der Waals surface area contributed by atoms with Crippen LogP contribution in [0.15, 0.2) is 24.3 Å². The van der Waals surface area contributed by atoms with Crippen molar-refractivity contribution in [2.24, 2.45) is 0 Å². The first-order chi connectivity index (χ1) is 6.45. The van der Waals surface area contributed by atoms with Gasteiger partial charge in [0.15, 0.2) is 13.9 Å². The molecule has 7 heteroatoms. The van der Waals surface area contributed by atoms with Gasteiger partial charge in [-0.1, -0.05) is 12.1 Å². The summed E-state index contributed by atoms with van der Waals surface area (Å²) >= 11 is 0. The quantitative estimate of drug-likeness (QED) is 0.545. The minimum absolute atomic E-state index is 0.309. The molecule has 0 spiro atoms. The van der Waals surface area contributed by atoms with Gasteiger partial charge in [-0.05, 0) is 17.7 Å². The minimum atomic E-state index is -4.38. The molecule has 0 aliphatic carbocycles. The number of benzene rings is 1. The van der Waals surface area contributed by atoms with Crippen LogP contribution in [-0.4, -0.2) is 9.79 Å². The standard InChI is InChI=1S/C7H9NO4P2/c8-6-3-1-5(2-4-6)7(13-9)14(10,11)12/h1-4,7H,8H2,(H2,10,11,12). The van der Waals surface area contributed by atoms with Gasteiger partial charge in [0.05, 0.1) is 0 Å². The Kier molecular flexibility index (Phi) is 3.40. The smallest absolute Gasteiger partial charge is 0.344 e. The number of nitrogens with two attached hydrogens (primary N) is 1. The Hall–Kier alpha value is -0.730. The molecule has 0 heterocycles. The fourth-order valence-corrected chi connectivity index (χ4v) is 2.33. The third-order valence-electron chi connectivity index (χ3n) is 1.65. The lowest BCUT2D eigenvalue weighted by Crippen LogP contribution is -1.93. The Bertz CT molecular complexity index is 372. The van der Waals surface area contributed by atoms with Crippen LogP contribution in [0.2, 0.25) is 0 Å². The number of hydrogen-bond donors (Lipinski definition) is 3. The second kappa shape index (κ2) is 4.20. The van der Waals surface area contributed by atoms with Gasteiger partial charge < -0.3 is 15.5 Å². The Labute approximate surface area is 82.3 Å². The molecule has 4 N–H and O–H groups in total. The van der Waals surface area contributed by atoms with E-state index in [1.165, 1.54) is 24.3 Å². The molecule has 1 aromatic rings. The summed E-state index contributed by atoms with van der Waals surface area (Å²) in [5, 5.41) is -1.30. The Balaban J connectivity index is 3.08. The van der Waals surface area contributed by atoms with Crippen LogP contribution >= 0.6 is 16.1 Å². The molecule has 0 saturated heterocycles. The lowest BCUT2D eigenvalue weighted by molar-refractivity contribution is 0.369. The molecular weight excluding hydrogens is 224 g/mol. The van der Waals surface area contributed by atoms with Crippen LogP contribution in [-0.2, 0) is 9.13 Å². The van der Waals surface area contributed by atoms with Gasteiger partial charge in [0.1, 0.15) is 0 Å². The molecule has 1 atom stereocenters. The van der Waals surface area contributed by atoms with E-state index in [2.05, 4.69) is 0 Å². The van der Waals surface area contributed by atoms with Crippen LogP contribution in [0, 0.1) is 0 Å². The van der Waals surface area contributed by atoms with E-state index in [0.717, 1.165) is 0 Å². The maximum Gasteiger partial charge on any atom is 0.344 e.